The maximum absolute atomic E-state index is 4.44. The van der Waals surface area contributed by atoms with E-state index in [1.165, 1.54) is 5.56 Å². The van der Waals surface area contributed by atoms with Gasteiger partial charge < -0.3 is 5.32 Å². The fourth-order valence-electron chi connectivity index (χ4n) is 2.00. The Kier molecular flexibility index (Phi) is 4.90. The number of nitrogens with zero attached hydrogens (tertiary/aromatic N) is 1. The Morgan fingerprint density at radius 1 is 1.17 bits per heavy atom. The van der Waals surface area contributed by atoms with Crippen molar-refractivity contribution >= 4 is 15.9 Å². The maximum atomic E-state index is 4.44. The van der Waals surface area contributed by atoms with Crippen LogP contribution in [0.4, 0.5) is 0 Å². The minimum atomic E-state index is 0.308. The highest BCUT2D eigenvalue weighted by molar-refractivity contribution is 9.10. The fourth-order valence-corrected chi connectivity index (χ4v) is 2.42. The van der Waals surface area contributed by atoms with Gasteiger partial charge in [-0.15, -0.1) is 0 Å². The molecule has 0 saturated carbocycles. The Morgan fingerprint density at radius 2 is 1.94 bits per heavy atom. The second kappa shape index (κ2) is 6.66. The van der Waals surface area contributed by atoms with Gasteiger partial charge in [-0.2, -0.15) is 0 Å². The first-order valence-electron chi connectivity index (χ1n) is 6.19. The summed E-state index contributed by atoms with van der Waals surface area (Å²) >= 11 is 3.56. The van der Waals surface area contributed by atoms with Crippen LogP contribution in [-0.2, 0) is 6.42 Å². The summed E-state index contributed by atoms with van der Waals surface area (Å²) in [6.07, 6.45) is 2.73. The minimum Gasteiger partial charge on any atom is -0.310 e. The van der Waals surface area contributed by atoms with Crippen molar-refractivity contribution in [2.75, 3.05) is 6.54 Å². The molecule has 3 heteroatoms. The molecule has 0 aliphatic heterocycles. The zero-order chi connectivity index (χ0) is 12.8. The number of nitrogens with one attached hydrogen (secondary N) is 1. The number of hydrogen-bond donors (Lipinski definition) is 1. The summed E-state index contributed by atoms with van der Waals surface area (Å²) in [4.78, 5) is 4.44. The normalized spacial score (nSPS) is 12.3. The van der Waals surface area contributed by atoms with Gasteiger partial charge in [0.1, 0.15) is 0 Å². The molecule has 1 aromatic carbocycles. The lowest BCUT2D eigenvalue weighted by molar-refractivity contribution is 0.543. The molecule has 1 N–H and O–H groups in total. The molecule has 2 aromatic rings. The molecule has 0 spiro atoms. The van der Waals surface area contributed by atoms with Crippen molar-refractivity contribution < 1.29 is 0 Å². The Bertz CT molecular complexity index is 485. The number of likely N-dealkylation sites (N-methyl/N-ethyl adjacent to an activating group) is 1. The zero-order valence-corrected chi connectivity index (χ0v) is 12.0. The van der Waals surface area contributed by atoms with E-state index in [-0.39, 0.29) is 0 Å². The first kappa shape index (κ1) is 13.2. The second-order valence-electron chi connectivity index (χ2n) is 4.16. The van der Waals surface area contributed by atoms with Gasteiger partial charge in [-0.05, 0) is 40.2 Å². The topological polar surface area (TPSA) is 24.9 Å². The van der Waals surface area contributed by atoms with Gasteiger partial charge in [0.05, 0.1) is 5.69 Å². The first-order valence-corrected chi connectivity index (χ1v) is 6.98. The smallest absolute Gasteiger partial charge is 0.0564 e. The van der Waals surface area contributed by atoms with Gasteiger partial charge in [0, 0.05) is 23.1 Å². The second-order valence-corrected chi connectivity index (χ2v) is 5.01. The molecule has 0 aliphatic rings. The van der Waals surface area contributed by atoms with Gasteiger partial charge in [-0.1, -0.05) is 37.3 Å². The average Bonchev–Trinajstić information content (AvgIpc) is 2.42. The molecule has 0 amide bonds. The van der Waals surface area contributed by atoms with Gasteiger partial charge in [0.15, 0.2) is 0 Å². The summed E-state index contributed by atoms with van der Waals surface area (Å²) < 4.78 is 1.07. The Morgan fingerprint density at radius 3 is 2.61 bits per heavy atom. The molecule has 1 unspecified atom stereocenters. The van der Waals surface area contributed by atoms with Crippen molar-refractivity contribution in [3.8, 4) is 0 Å². The highest BCUT2D eigenvalue weighted by atomic mass is 79.9. The van der Waals surface area contributed by atoms with Crippen LogP contribution in [-0.4, -0.2) is 11.5 Å². The maximum Gasteiger partial charge on any atom is 0.0564 e. The zero-order valence-electron chi connectivity index (χ0n) is 10.4. The van der Waals surface area contributed by atoms with Crippen LogP contribution >= 0.6 is 15.9 Å². The lowest BCUT2D eigenvalue weighted by Gasteiger charge is -2.18. The molecule has 18 heavy (non-hydrogen) atoms. The number of hydrogen-bond acceptors (Lipinski definition) is 2. The van der Waals surface area contributed by atoms with E-state index in [1.807, 2.05) is 24.4 Å². The van der Waals surface area contributed by atoms with E-state index in [4.69, 9.17) is 0 Å². The van der Waals surface area contributed by atoms with Gasteiger partial charge >= 0.3 is 0 Å². The van der Waals surface area contributed by atoms with Crippen molar-refractivity contribution in [2.24, 2.45) is 0 Å². The molecular weight excluding hydrogens is 288 g/mol. The number of halogens is 1. The predicted octanol–water partition coefficient (Wildman–Crippen LogP) is 3.74. The lowest BCUT2D eigenvalue weighted by atomic mass is 10.0. The Balaban J connectivity index is 2.19. The summed E-state index contributed by atoms with van der Waals surface area (Å²) in [5.41, 5.74) is 2.39. The Hall–Kier alpha value is -1.19. The molecular formula is C15H17BrN2. The van der Waals surface area contributed by atoms with Crippen LogP contribution < -0.4 is 5.32 Å². The highest BCUT2D eigenvalue weighted by Crippen LogP contribution is 2.22. The molecule has 1 aromatic heterocycles. The van der Waals surface area contributed by atoms with E-state index >= 15 is 0 Å². The summed E-state index contributed by atoms with van der Waals surface area (Å²) in [7, 11) is 0. The highest BCUT2D eigenvalue weighted by Gasteiger charge is 2.13. The number of pyridine rings is 1. The minimum absolute atomic E-state index is 0.308. The molecule has 0 aliphatic carbocycles. The summed E-state index contributed by atoms with van der Waals surface area (Å²) in [5, 5.41) is 3.51. The molecule has 0 fully saturated rings. The fraction of sp³-hybridized carbons (Fsp3) is 0.267. The van der Waals surface area contributed by atoms with E-state index < -0.39 is 0 Å². The van der Waals surface area contributed by atoms with Crippen molar-refractivity contribution in [1.82, 2.24) is 10.3 Å². The van der Waals surface area contributed by atoms with Gasteiger partial charge in [-0.3, -0.25) is 4.98 Å². The standard InChI is InChI=1S/C15H17BrN2/c1-2-17-14(12-7-4-3-5-8-12)11-15-13(16)9-6-10-18-15/h3-10,14,17H,2,11H2,1H3. The van der Waals surface area contributed by atoms with Gasteiger partial charge in [0.25, 0.3) is 0 Å². The third-order valence-electron chi connectivity index (χ3n) is 2.88. The van der Waals surface area contributed by atoms with Crippen LogP contribution in [0.1, 0.15) is 24.2 Å². The van der Waals surface area contributed by atoms with Gasteiger partial charge in [-0.25, -0.2) is 0 Å². The van der Waals surface area contributed by atoms with E-state index in [0.29, 0.717) is 6.04 Å². The molecule has 2 nitrogen and oxygen atoms in total. The van der Waals surface area contributed by atoms with E-state index in [9.17, 15) is 0 Å². The van der Waals surface area contributed by atoms with Gasteiger partial charge in [0.2, 0.25) is 0 Å². The largest absolute Gasteiger partial charge is 0.310 e. The lowest BCUT2D eigenvalue weighted by Crippen LogP contribution is -2.23. The molecule has 0 radical (unpaired) electrons. The van der Waals surface area contributed by atoms with Crippen LogP contribution in [0.15, 0.2) is 53.1 Å². The predicted molar refractivity (Wildman–Crippen MR) is 78.5 cm³/mol. The van der Waals surface area contributed by atoms with Crippen LogP contribution in [0, 0.1) is 0 Å². The van der Waals surface area contributed by atoms with Crippen LogP contribution in [0.25, 0.3) is 0 Å². The summed E-state index contributed by atoms with van der Waals surface area (Å²) in [6, 6.07) is 14.8. The molecule has 1 atom stereocenters. The molecule has 0 saturated heterocycles. The van der Waals surface area contributed by atoms with Crippen LogP contribution in [0.5, 0.6) is 0 Å². The Labute approximate surface area is 117 Å². The van der Waals surface area contributed by atoms with Crippen molar-refractivity contribution in [1.29, 1.82) is 0 Å². The quantitative estimate of drug-likeness (QED) is 0.910. The molecule has 2 rings (SSSR count). The van der Waals surface area contributed by atoms with Crippen molar-refractivity contribution in [2.45, 2.75) is 19.4 Å². The third-order valence-corrected chi connectivity index (χ3v) is 3.61. The van der Waals surface area contributed by atoms with E-state index in [1.54, 1.807) is 0 Å². The monoisotopic (exact) mass is 304 g/mol. The summed E-state index contributed by atoms with van der Waals surface area (Å²) in [5.74, 6) is 0. The number of benzene rings is 1. The van der Waals surface area contributed by atoms with Crippen molar-refractivity contribution in [3.63, 3.8) is 0 Å². The van der Waals surface area contributed by atoms with Crippen LogP contribution in [0.3, 0.4) is 0 Å². The molecule has 94 valence electrons. The average molecular weight is 305 g/mol. The third kappa shape index (κ3) is 3.40. The number of rotatable bonds is 5. The molecule has 0 bridgehead atoms. The van der Waals surface area contributed by atoms with E-state index in [0.717, 1.165) is 23.1 Å². The first-order chi connectivity index (χ1) is 8.81. The molecule has 1 heterocycles. The van der Waals surface area contributed by atoms with Crippen molar-refractivity contribution in [3.05, 3.63) is 64.4 Å². The number of aromatic nitrogens is 1. The SMILES string of the molecule is CCNC(Cc1ncccc1Br)c1ccccc1. The van der Waals surface area contributed by atoms with Crippen LogP contribution in [0.2, 0.25) is 0 Å². The summed E-state index contributed by atoms with van der Waals surface area (Å²) in [6.45, 7) is 3.08. The van der Waals surface area contributed by atoms with E-state index in [2.05, 4.69) is 57.4 Å².